The molecule has 9 nitrogen and oxygen atoms in total. The van der Waals surface area contributed by atoms with Gasteiger partial charge in [-0.05, 0) is 49.9 Å². The molecule has 1 aliphatic carbocycles. The fourth-order valence-corrected chi connectivity index (χ4v) is 3.83. The average molecular weight is 459 g/mol. The lowest BCUT2D eigenvalue weighted by Crippen LogP contribution is -2.38. The summed E-state index contributed by atoms with van der Waals surface area (Å²) in [4.78, 5) is 37.6. The van der Waals surface area contributed by atoms with Gasteiger partial charge in [-0.1, -0.05) is 19.3 Å². The van der Waals surface area contributed by atoms with E-state index in [4.69, 9.17) is 18.6 Å². The molecular formula is C24H30N2O7. The molecule has 1 atom stereocenters. The first kappa shape index (κ1) is 24.2. The van der Waals surface area contributed by atoms with Gasteiger partial charge in [0.1, 0.15) is 0 Å². The molecule has 0 saturated heterocycles. The summed E-state index contributed by atoms with van der Waals surface area (Å²) in [6.45, 7) is 2.11. The van der Waals surface area contributed by atoms with Crippen LogP contribution in [0.1, 0.15) is 59.9 Å². The summed E-state index contributed by atoms with van der Waals surface area (Å²) in [7, 11) is 2.82. The number of methoxy groups -OCH3 is 2. The zero-order valence-electron chi connectivity index (χ0n) is 19.1. The quantitative estimate of drug-likeness (QED) is 0.549. The monoisotopic (exact) mass is 458 g/mol. The summed E-state index contributed by atoms with van der Waals surface area (Å²) in [6.07, 6.45) is 6.22. The summed E-state index contributed by atoms with van der Waals surface area (Å²) in [5.41, 5.74) is 0.286. The van der Waals surface area contributed by atoms with Crippen LogP contribution in [0, 0.1) is 5.92 Å². The Balaban J connectivity index is 1.69. The van der Waals surface area contributed by atoms with Gasteiger partial charge in [-0.25, -0.2) is 4.79 Å². The van der Waals surface area contributed by atoms with Crippen LogP contribution in [0.3, 0.4) is 0 Å². The van der Waals surface area contributed by atoms with Gasteiger partial charge in [0.25, 0.3) is 11.8 Å². The molecule has 1 fully saturated rings. The number of nitrogens with one attached hydrogen (secondary N) is 2. The molecule has 0 spiro atoms. The number of esters is 1. The smallest absolute Gasteiger partial charge is 0.339 e. The Bertz CT molecular complexity index is 965. The highest BCUT2D eigenvalue weighted by atomic mass is 16.5. The molecule has 0 radical (unpaired) electrons. The second kappa shape index (κ2) is 11.4. The first-order chi connectivity index (χ1) is 15.9. The minimum atomic E-state index is -0.977. The molecule has 0 aliphatic heterocycles. The Morgan fingerprint density at radius 1 is 1.12 bits per heavy atom. The molecule has 1 saturated carbocycles. The Morgan fingerprint density at radius 2 is 1.88 bits per heavy atom. The molecule has 1 aromatic heterocycles. The van der Waals surface area contributed by atoms with E-state index in [1.54, 1.807) is 6.07 Å². The average Bonchev–Trinajstić information content (AvgIpc) is 3.37. The number of anilines is 1. The molecule has 0 bridgehead atoms. The van der Waals surface area contributed by atoms with Gasteiger partial charge in [0.05, 0.1) is 31.7 Å². The zero-order chi connectivity index (χ0) is 23.8. The van der Waals surface area contributed by atoms with Gasteiger partial charge < -0.3 is 29.3 Å². The highest BCUT2D eigenvalue weighted by Gasteiger charge is 2.24. The molecule has 0 unspecified atom stereocenters. The molecule has 2 amide bonds. The lowest BCUT2D eigenvalue weighted by molar-refractivity contribution is -0.129. The zero-order valence-corrected chi connectivity index (χ0v) is 19.1. The van der Waals surface area contributed by atoms with Crippen molar-refractivity contribution in [2.75, 3.05) is 26.1 Å². The van der Waals surface area contributed by atoms with Gasteiger partial charge in [-0.3, -0.25) is 9.59 Å². The van der Waals surface area contributed by atoms with Crippen LogP contribution < -0.4 is 20.1 Å². The number of furan rings is 1. The predicted molar refractivity (Wildman–Crippen MR) is 121 cm³/mol. The van der Waals surface area contributed by atoms with Crippen molar-refractivity contribution in [1.82, 2.24) is 5.32 Å². The van der Waals surface area contributed by atoms with Crippen LogP contribution in [0.15, 0.2) is 34.9 Å². The summed E-state index contributed by atoms with van der Waals surface area (Å²) < 4.78 is 21.1. The lowest BCUT2D eigenvalue weighted by atomic mass is 9.89. The van der Waals surface area contributed by atoms with Crippen molar-refractivity contribution in [3.05, 3.63) is 41.9 Å². The van der Waals surface area contributed by atoms with E-state index in [0.717, 1.165) is 12.8 Å². The number of benzene rings is 1. The first-order valence-electron chi connectivity index (χ1n) is 11.0. The van der Waals surface area contributed by atoms with E-state index >= 15 is 0 Å². The van der Waals surface area contributed by atoms with E-state index in [-0.39, 0.29) is 34.4 Å². The van der Waals surface area contributed by atoms with Gasteiger partial charge in [0.15, 0.2) is 23.4 Å². The van der Waals surface area contributed by atoms with Crippen molar-refractivity contribution < 1.29 is 33.0 Å². The van der Waals surface area contributed by atoms with Crippen LogP contribution in [0.4, 0.5) is 5.69 Å². The van der Waals surface area contributed by atoms with Crippen molar-refractivity contribution in [2.24, 2.45) is 5.92 Å². The van der Waals surface area contributed by atoms with Crippen LogP contribution in [0.25, 0.3) is 0 Å². The minimum absolute atomic E-state index is 0.0901. The van der Waals surface area contributed by atoms with Gasteiger partial charge in [-0.2, -0.15) is 0 Å². The third-order valence-corrected chi connectivity index (χ3v) is 5.65. The van der Waals surface area contributed by atoms with Gasteiger partial charge in [-0.15, -0.1) is 0 Å². The maximum atomic E-state index is 12.8. The van der Waals surface area contributed by atoms with E-state index in [2.05, 4.69) is 10.6 Å². The Labute approximate surface area is 192 Å². The van der Waals surface area contributed by atoms with Crippen molar-refractivity contribution >= 4 is 23.5 Å². The minimum Gasteiger partial charge on any atom is -0.493 e. The first-order valence-corrected chi connectivity index (χ1v) is 11.0. The molecule has 3 rings (SSSR count). The van der Waals surface area contributed by atoms with Crippen LogP contribution in [-0.4, -0.2) is 44.7 Å². The second-order valence-corrected chi connectivity index (χ2v) is 7.99. The topological polar surface area (TPSA) is 116 Å². The van der Waals surface area contributed by atoms with Crippen molar-refractivity contribution in [3.63, 3.8) is 0 Å². The summed E-state index contributed by atoms with van der Waals surface area (Å²) in [5, 5.41) is 5.52. The molecule has 9 heteroatoms. The fraction of sp³-hybridized carbons (Fsp3) is 0.458. The number of amides is 2. The molecular weight excluding hydrogens is 428 g/mol. The lowest BCUT2D eigenvalue weighted by Gasteiger charge is -2.22. The standard InChI is InChI=1S/C24H30N2O7/c1-15(22(27)25-14-16-8-5-4-6-9-16)33-24(29)17-12-18(21(31-3)20(13-17)30-2)26-23(28)19-10-7-11-32-19/h7,10-13,15-16H,4-6,8-9,14H2,1-3H3,(H,25,27)(H,26,28)/t15-/m0/s1. The van der Waals surface area contributed by atoms with Gasteiger partial charge >= 0.3 is 5.97 Å². The molecule has 1 aliphatic rings. The third-order valence-electron chi connectivity index (χ3n) is 5.65. The summed E-state index contributed by atoms with van der Waals surface area (Å²) in [5.74, 6) is -0.598. The Kier molecular flexibility index (Phi) is 8.34. The van der Waals surface area contributed by atoms with Crippen LogP contribution in [0.2, 0.25) is 0 Å². The van der Waals surface area contributed by atoms with E-state index in [1.807, 2.05) is 0 Å². The molecule has 178 valence electrons. The maximum absolute atomic E-state index is 12.8. The molecule has 1 aromatic carbocycles. The van der Waals surface area contributed by atoms with Gasteiger partial charge in [0.2, 0.25) is 0 Å². The van der Waals surface area contributed by atoms with E-state index in [0.29, 0.717) is 12.5 Å². The summed E-state index contributed by atoms with van der Waals surface area (Å²) in [6, 6.07) is 5.92. The Hall–Kier alpha value is -3.49. The molecule has 33 heavy (non-hydrogen) atoms. The number of rotatable bonds is 9. The Morgan fingerprint density at radius 3 is 2.52 bits per heavy atom. The maximum Gasteiger partial charge on any atom is 0.339 e. The normalized spacial score (nSPS) is 14.8. The highest BCUT2D eigenvalue weighted by molar-refractivity contribution is 6.04. The van der Waals surface area contributed by atoms with E-state index in [1.165, 1.54) is 64.9 Å². The number of carbonyl (C=O) groups is 3. The van der Waals surface area contributed by atoms with Crippen LogP contribution in [-0.2, 0) is 9.53 Å². The van der Waals surface area contributed by atoms with Crippen molar-refractivity contribution in [3.8, 4) is 11.5 Å². The van der Waals surface area contributed by atoms with Crippen molar-refractivity contribution in [1.29, 1.82) is 0 Å². The second-order valence-electron chi connectivity index (χ2n) is 7.99. The van der Waals surface area contributed by atoms with Crippen LogP contribution >= 0.6 is 0 Å². The fourth-order valence-electron chi connectivity index (χ4n) is 3.83. The number of hydrogen-bond donors (Lipinski definition) is 2. The predicted octanol–water partition coefficient (Wildman–Crippen LogP) is 3.79. The number of hydrogen-bond acceptors (Lipinski definition) is 7. The molecule has 2 aromatic rings. The highest BCUT2D eigenvalue weighted by Crippen LogP contribution is 2.37. The van der Waals surface area contributed by atoms with E-state index in [9.17, 15) is 14.4 Å². The van der Waals surface area contributed by atoms with Crippen LogP contribution in [0.5, 0.6) is 11.5 Å². The van der Waals surface area contributed by atoms with Gasteiger partial charge in [0, 0.05) is 6.54 Å². The third kappa shape index (κ3) is 6.27. The van der Waals surface area contributed by atoms with E-state index < -0.39 is 18.0 Å². The number of ether oxygens (including phenoxy) is 3. The SMILES string of the molecule is COc1cc(C(=O)O[C@@H](C)C(=O)NCC2CCCCC2)cc(NC(=O)c2ccco2)c1OC. The summed E-state index contributed by atoms with van der Waals surface area (Å²) >= 11 is 0. The molecule has 1 heterocycles. The largest absolute Gasteiger partial charge is 0.493 e. The van der Waals surface area contributed by atoms with Crippen molar-refractivity contribution in [2.45, 2.75) is 45.1 Å². The number of carbonyl (C=O) groups excluding carboxylic acids is 3. The molecule has 2 N–H and O–H groups in total.